The molecule has 1 aliphatic rings. The summed E-state index contributed by atoms with van der Waals surface area (Å²) in [5, 5.41) is 1.72. The Bertz CT molecular complexity index is 579. The lowest BCUT2D eigenvalue weighted by Crippen LogP contribution is -2.28. The summed E-state index contributed by atoms with van der Waals surface area (Å²) in [6, 6.07) is 10.8. The Balaban J connectivity index is 1.89. The molecule has 1 aromatic carbocycles. The normalized spacial score (nSPS) is 21.5. The molecule has 19 heavy (non-hydrogen) atoms. The largest absolute Gasteiger partial charge is 0.323 e. The van der Waals surface area contributed by atoms with E-state index in [1.807, 2.05) is 30.4 Å². The second-order valence-corrected chi connectivity index (χ2v) is 7.41. The zero-order chi connectivity index (χ0) is 13.2. The number of pyridine rings is 1. The van der Waals surface area contributed by atoms with Crippen molar-refractivity contribution in [2.75, 3.05) is 17.3 Å². The van der Waals surface area contributed by atoms with Crippen LogP contribution in [0.3, 0.4) is 0 Å². The molecule has 3 rings (SSSR count). The zero-order valence-electron chi connectivity index (χ0n) is 11.0. The van der Waals surface area contributed by atoms with E-state index in [0.29, 0.717) is 5.25 Å². The van der Waals surface area contributed by atoms with Gasteiger partial charge in [0.05, 0.1) is 5.52 Å². The van der Waals surface area contributed by atoms with Crippen molar-refractivity contribution in [1.82, 2.24) is 4.98 Å². The van der Waals surface area contributed by atoms with Crippen molar-refractivity contribution in [2.24, 2.45) is 5.73 Å². The minimum atomic E-state index is 0.128. The average molecular weight is 290 g/mol. The van der Waals surface area contributed by atoms with Crippen LogP contribution in [0.2, 0.25) is 0 Å². The molecule has 100 valence electrons. The molecule has 2 unspecified atom stereocenters. The van der Waals surface area contributed by atoms with Gasteiger partial charge in [-0.05, 0) is 30.7 Å². The van der Waals surface area contributed by atoms with Crippen LogP contribution in [-0.2, 0) is 0 Å². The van der Waals surface area contributed by atoms with Gasteiger partial charge in [0.1, 0.15) is 0 Å². The number of nitrogens with two attached hydrogens (primary N) is 1. The molecule has 0 saturated carbocycles. The third-order valence-corrected chi connectivity index (χ3v) is 6.36. The van der Waals surface area contributed by atoms with Crippen molar-refractivity contribution >= 4 is 34.4 Å². The van der Waals surface area contributed by atoms with Crippen LogP contribution in [0.4, 0.5) is 0 Å². The molecule has 2 nitrogen and oxygen atoms in total. The van der Waals surface area contributed by atoms with Crippen LogP contribution >= 0.6 is 23.5 Å². The summed E-state index contributed by atoms with van der Waals surface area (Å²) < 4.78 is 0. The lowest BCUT2D eigenvalue weighted by molar-refractivity contribution is 0.721. The minimum Gasteiger partial charge on any atom is -0.323 e. The van der Waals surface area contributed by atoms with Crippen molar-refractivity contribution in [3.8, 4) is 0 Å². The molecule has 0 aliphatic carbocycles. The van der Waals surface area contributed by atoms with E-state index < -0.39 is 0 Å². The van der Waals surface area contributed by atoms with E-state index in [2.05, 4.69) is 35.3 Å². The lowest BCUT2D eigenvalue weighted by atomic mass is 10.0. The first kappa shape index (κ1) is 13.3. The fourth-order valence-electron chi connectivity index (χ4n) is 2.38. The molecule has 2 aromatic rings. The Morgan fingerprint density at radius 2 is 2.16 bits per heavy atom. The standard InChI is InChI=1S/C15H18N2S2/c1-10-2-3-11-8-12(4-5-13(11)17-10)15(16)14-9-18-6-7-19-14/h2-5,8,14-15H,6-7,9,16H2,1H3. The van der Waals surface area contributed by atoms with Crippen LogP contribution in [0, 0.1) is 6.92 Å². The number of thioether (sulfide) groups is 2. The lowest BCUT2D eigenvalue weighted by Gasteiger charge is -2.27. The molecular formula is C15H18N2S2. The molecule has 0 spiro atoms. The Labute approximate surface area is 122 Å². The quantitative estimate of drug-likeness (QED) is 0.920. The fourth-order valence-corrected chi connectivity index (χ4v) is 5.18. The molecule has 2 heterocycles. The molecule has 1 aromatic heterocycles. The highest BCUT2D eigenvalue weighted by Crippen LogP contribution is 2.32. The van der Waals surface area contributed by atoms with Gasteiger partial charge in [-0.25, -0.2) is 0 Å². The monoisotopic (exact) mass is 290 g/mol. The maximum Gasteiger partial charge on any atom is 0.0705 e. The van der Waals surface area contributed by atoms with Crippen molar-refractivity contribution in [2.45, 2.75) is 18.2 Å². The van der Waals surface area contributed by atoms with Gasteiger partial charge in [0.15, 0.2) is 0 Å². The Hall–Kier alpha value is -0.710. The summed E-state index contributed by atoms with van der Waals surface area (Å²) in [6.07, 6.45) is 0. The van der Waals surface area contributed by atoms with Gasteiger partial charge in [-0.15, -0.1) is 0 Å². The summed E-state index contributed by atoms with van der Waals surface area (Å²) in [5.41, 5.74) is 9.79. The van der Waals surface area contributed by atoms with Gasteiger partial charge in [-0.2, -0.15) is 23.5 Å². The third kappa shape index (κ3) is 2.91. The molecule has 1 fully saturated rings. The van der Waals surface area contributed by atoms with Crippen LogP contribution in [0.15, 0.2) is 30.3 Å². The van der Waals surface area contributed by atoms with Crippen molar-refractivity contribution in [3.05, 3.63) is 41.6 Å². The van der Waals surface area contributed by atoms with Crippen LogP contribution in [0.1, 0.15) is 17.3 Å². The SMILES string of the molecule is Cc1ccc2cc(C(N)C3CSCCS3)ccc2n1. The van der Waals surface area contributed by atoms with Gasteiger partial charge < -0.3 is 5.73 Å². The van der Waals surface area contributed by atoms with Crippen LogP contribution in [0.5, 0.6) is 0 Å². The maximum absolute atomic E-state index is 6.44. The summed E-state index contributed by atoms with van der Waals surface area (Å²) in [7, 11) is 0. The first-order valence-corrected chi connectivity index (χ1v) is 8.76. The first-order chi connectivity index (χ1) is 9.24. The number of nitrogens with zero attached hydrogens (tertiary/aromatic N) is 1. The van der Waals surface area contributed by atoms with Crippen molar-refractivity contribution in [1.29, 1.82) is 0 Å². The smallest absolute Gasteiger partial charge is 0.0705 e. The number of fused-ring (bicyclic) bond motifs is 1. The molecule has 0 amide bonds. The van der Waals surface area contributed by atoms with Gasteiger partial charge in [0.2, 0.25) is 0 Å². The highest BCUT2D eigenvalue weighted by atomic mass is 32.2. The van der Waals surface area contributed by atoms with Crippen molar-refractivity contribution < 1.29 is 0 Å². The topological polar surface area (TPSA) is 38.9 Å². The van der Waals surface area contributed by atoms with Gasteiger partial charge in [0.25, 0.3) is 0 Å². The second-order valence-electron chi connectivity index (χ2n) is 4.91. The molecule has 0 bridgehead atoms. The summed E-state index contributed by atoms with van der Waals surface area (Å²) in [4.78, 5) is 4.54. The van der Waals surface area contributed by atoms with Gasteiger partial charge >= 0.3 is 0 Å². The van der Waals surface area contributed by atoms with E-state index in [4.69, 9.17) is 5.73 Å². The van der Waals surface area contributed by atoms with E-state index >= 15 is 0 Å². The fraction of sp³-hybridized carbons (Fsp3) is 0.400. The Morgan fingerprint density at radius 3 is 2.95 bits per heavy atom. The highest BCUT2D eigenvalue weighted by molar-refractivity contribution is 8.06. The zero-order valence-corrected chi connectivity index (χ0v) is 12.6. The maximum atomic E-state index is 6.44. The number of aryl methyl sites for hydroxylation is 1. The molecular weight excluding hydrogens is 272 g/mol. The number of rotatable bonds is 2. The first-order valence-electron chi connectivity index (χ1n) is 6.56. The molecule has 2 N–H and O–H groups in total. The molecule has 1 aliphatic heterocycles. The van der Waals surface area contributed by atoms with Gasteiger partial charge in [-0.1, -0.05) is 12.1 Å². The van der Waals surface area contributed by atoms with E-state index in [1.165, 1.54) is 22.5 Å². The molecule has 2 atom stereocenters. The van der Waals surface area contributed by atoms with E-state index in [-0.39, 0.29) is 6.04 Å². The van der Waals surface area contributed by atoms with Gasteiger partial charge in [0, 0.05) is 39.6 Å². The summed E-state index contributed by atoms with van der Waals surface area (Å²) in [6.45, 7) is 2.02. The van der Waals surface area contributed by atoms with E-state index in [0.717, 1.165) is 17.0 Å². The molecule has 0 radical (unpaired) electrons. The van der Waals surface area contributed by atoms with Gasteiger partial charge in [-0.3, -0.25) is 4.98 Å². The highest BCUT2D eigenvalue weighted by Gasteiger charge is 2.22. The summed E-state index contributed by atoms with van der Waals surface area (Å²) >= 11 is 4.03. The Morgan fingerprint density at radius 1 is 1.26 bits per heavy atom. The van der Waals surface area contributed by atoms with E-state index in [1.54, 1.807) is 0 Å². The number of hydrogen-bond donors (Lipinski definition) is 1. The van der Waals surface area contributed by atoms with Crippen molar-refractivity contribution in [3.63, 3.8) is 0 Å². The predicted molar refractivity (Wildman–Crippen MR) is 87.0 cm³/mol. The number of aromatic nitrogens is 1. The molecule has 4 heteroatoms. The third-order valence-electron chi connectivity index (χ3n) is 3.48. The minimum absolute atomic E-state index is 0.128. The van der Waals surface area contributed by atoms with Crippen LogP contribution in [0.25, 0.3) is 10.9 Å². The number of hydrogen-bond acceptors (Lipinski definition) is 4. The average Bonchev–Trinajstić information content (AvgIpc) is 2.47. The van der Waals surface area contributed by atoms with Crippen LogP contribution in [-0.4, -0.2) is 27.5 Å². The number of benzene rings is 1. The second kappa shape index (κ2) is 5.73. The Kier molecular flexibility index (Phi) is 4.01. The van der Waals surface area contributed by atoms with Crippen LogP contribution < -0.4 is 5.73 Å². The summed E-state index contributed by atoms with van der Waals surface area (Å²) in [5.74, 6) is 3.64. The molecule has 1 saturated heterocycles. The predicted octanol–water partition coefficient (Wildman–Crippen LogP) is 3.39. The van der Waals surface area contributed by atoms with E-state index in [9.17, 15) is 0 Å².